The minimum atomic E-state index is 0.0723. The molecule has 76 valence electrons. The Morgan fingerprint density at radius 3 is 2.62 bits per heavy atom. The number of hydrogen-bond acceptors (Lipinski definition) is 3. The molecule has 0 aliphatic carbocycles. The van der Waals surface area contributed by atoms with Gasteiger partial charge in [0.2, 0.25) is 0 Å². The molecule has 0 aromatic carbocycles. The Labute approximate surface area is 79.6 Å². The van der Waals surface area contributed by atoms with Crippen LogP contribution in [0.25, 0.3) is 0 Å². The fourth-order valence-corrected chi connectivity index (χ4v) is 1.81. The van der Waals surface area contributed by atoms with E-state index in [4.69, 9.17) is 10.5 Å². The first-order valence-corrected chi connectivity index (χ1v) is 5.02. The lowest BCUT2D eigenvalue weighted by molar-refractivity contribution is -0.121. The van der Waals surface area contributed by atoms with Crippen molar-refractivity contribution < 1.29 is 9.53 Å². The van der Waals surface area contributed by atoms with Gasteiger partial charge in [0.1, 0.15) is 5.78 Å². The Balaban J connectivity index is 2.31. The van der Waals surface area contributed by atoms with Crippen LogP contribution in [0.1, 0.15) is 26.2 Å². The minimum Gasteiger partial charge on any atom is -0.381 e. The van der Waals surface area contributed by atoms with E-state index < -0.39 is 0 Å². The van der Waals surface area contributed by atoms with Gasteiger partial charge in [0.25, 0.3) is 0 Å². The third-order valence-corrected chi connectivity index (χ3v) is 2.82. The van der Waals surface area contributed by atoms with E-state index >= 15 is 0 Å². The van der Waals surface area contributed by atoms with E-state index in [1.807, 2.05) is 0 Å². The van der Waals surface area contributed by atoms with Crippen molar-refractivity contribution >= 4 is 5.78 Å². The standard InChI is InChI=1S/C10H19NO2/c1-8(12)10(7-11)6-9-2-4-13-5-3-9/h9-10H,2-7,11H2,1H3/t10-/m1/s1. The minimum absolute atomic E-state index is 0.0723. The van der Waals surface area contributed by atoms with Crippen LogP contribution in [0.4, 0.5) is 0 Å². The van der Waals surface area contributed by atoms with Gasteiger partial charge < -0.3 is 10.5 Å². The fraction of sp³-hybridized carbons (Fsp3) is 0.900. The third-order valence-electron chi connectivity index (χ3n) is 2.82. The van der Waals surface area contributed by atoms with Crippen LogP contribution >= 0.6 is 0 Å². The van der Waals surface area contributed by atoms with E-state index in [9.17, 15) is 4.79 Å². The second kappa shape index (κ2) is 5.35. The Morgan fingerprint density at radius 2 is 2.15 bits per heavy atom. The molecule has 0 aromatic heterocycles. The molecule has 3 nitrogen and oxygen atoms in total. The number of hydrogen-bond donors (Lipinski definition) is 1. The maximum atomic E-state index is 11.1. The summed E-state index contributed by atoms with van der Waals surface area (Å²) in [6.07, 6.45) is 3.13. The quantitative estimate of drug-likeness (QED) is 0.710. The van der Waals surface area contributed by atoms with Gasteiger partial charge in [0.05, 0.1) is 0 Å². The number of carbonyl (C=O) groups is 1. The zero-order valence-corrected chi connectivity index (χ0v) is 8.29. The average molecular weight is 185 g/mol. The summed E-state index contributed by atoms with van der Waals surface area (Å²) in [4.78, 5) is 11.1. The van der Waals surface area contributed by atoms with Crippen molar-refractivity contribution in [2.75, 3.05) is 19.8 Å². The van der Waals surface area contributed by atoms with Crippen molar-refractivity contribution in [3.05, 3.63) is 0 Å². The third kappa shape index (κ3) is 3.44. The van der Waals surface area contributed by atoms with Gasteiger partial charge in [-0.15, -0.1) is 0 Å². The molecule has 0 spiro atoms. The molecule has 0 radical (unpaired) electrons. The molecule has 0 saturated carbocycles. The lowest BCUT2D eigenvalue weighted by Crippen LogP contribution is -2.27. The molecule has 0 bridgehead atoms. The Bertz CT molecular complexity index is 164. The van der Waals surface area contributed by atoms with Crippen molar-refractivity contribution in [1.29, 1.82) is 0 Å². The van der Waals surface area contributed by atoms with E-state index in [2.05, 4.69) is 0 Å². The number of ketones is 1. The van der Waals surface area contributed by atoms with Crippen molar-refractivity contribution in [3.63, 3.8) is 0 Å². The average Bonchev–Trinajstić information content (AvgIpc) is 2.15. The molecule has 1 atom stereocenters. The Kier molecular flexibility index (Phi) is 4.39. The molecule has 1 fully saturated rings. The van der Waals surface area contributed by atoms with Crippen molar-refractivity contribution in [1.82, 2.24) is 0 Å². The molecule has 1 aliphatic rings. The zero-order chi connectivity index (χ0) is 9.68. The van der Waals surface area contributed by atoms with Gasteiger partial charge in [-0.2, -0.15) is 0 Å². The maximum Gasteiger partial charge on any atom is 0.134 e. The summed E-state index contributed by atoms with van der Waals surface area (Å²) in [6.45, 7) is 3.82. The summed E-state index contributed by atoms with van der Waals surface area (Å²) >= 11 is 0. The number of Topliss-reactive ketones (excluding diaryl/α,β-unsaturated/α-hetero) is 1. The van der Waals surface area contributed by atoms with Crippen LogP contribution in [0.3, 0.4) is 0 Å². The summed E-state index contributed by atoms with van der Waals surface area (Å²) in [5, 5.41) is 0. The summed E-state index contributed by atoms with van der Waals surface area (Å²) in [6, 6.07) is 0. The fourth-order valence-electron chi connectivity index (χ4n) is 1.81. The lowest BCUT2D eigenvalue weighted by atomic mass is 9.87. The van der Waals surface area contributed by atoms with Gasteiger partial charge in [-0.3, -0.25) is 4.79 Å². The van der Waals surface area contributed by atoms with E-state index in [1.165, 1.54) is 0 Å². The van der Waals surface area contributed by atoms with Crippen LogP contribution < -0.4 is 5.73 Å². The first-order valence-electron chi connectivity index (χ1n) is 5.02. The number of ether oxygens (including phenoxy) is 1. The highest BCUT2D eigenvalue weighted by atomic mass is 16.5. The van der Waals surface area contributed by atoms with Gasteiger partial charge in [0, 0.05) is 25.7 Å². The Hall–Kier alpha value is -0.410. The van der Waals surface area contributed by atoms with Gasteiger partial charge in [-0.05, 0) is 32.1 Å². The SMILES string of the molecule is CC(=O)[C@@H](CN)CC1CCOCC1. The Morgan fingerprint density at radius 1 is 1.54 bits per heavy atom. The summed E-state index contributed by atoms with van der Waals surface area (Å²) in [5.74, 6) is 0.947. The van der Waals surface area contributed by atoms with Gasteiger partial charge in [0.15, 0.2) is 0 Å². The van der Waals surface area contributed by atoms with Crippen molar-refractivity contribution in [2.45, 2.75) is 26.2 Å². The predicted octanol–water partition coefficient (Wildman–Crippen LogP) is 0.967. The highest BCUT2D eigenvalue weighted by molar-refractivity contribution is 5.78. The van der Waals surface area contributed by atoms with Crippen LogP contribution in [0.15, 0.2) is 0 Å². The molecule has 2 N–H and O–H groups in total. The predicted molar refractivity (Wildman–Crippen MR) is 51.4 cm³/mol. The van der Waals surface area contributed by atoms with E-state index in [0.717, 1.165) is 32.5 Å². The molecule has 1 saturated heterocycles. The molecule has 1 aliphatic heterocycles. The number of rotatable bonds is 4. The zero-order valence-electron chi connectivity index (χ0n) is 8.29. The molecule has 1 heterocycles. The second-order valence-electron chi connectivity index (χ2n) is 3.83. The van der Waals surface area contributed by atoms with E-state index in [0.29, 0.717) is 12.5 Å². The topological polar surface area (TPSA) is 52.3 Å². The number of carbonyl (C=O) groups excluding carboxylic acids is 1. The first kappa shape index (κ1) is 10.7. The van der Waals surface area contributed by atoms with Crippen molar-refractivity contribution in [2.24, 2.45) is 17.6 Å². The number of nitrogens with two attached hydrogens (primary N) is 1. The maximum absolute atomic E-state index is 11.1. The van der Waals surface area contributed by atoms with Crippen LogP contribution in [0.5, 0.6) is 0 Å². The van der Waals surface area contributed by atoms with Crippen molar-refractivity contribution in [3.8, 4) is 0 Å². The van der Waals surface area contributed by atoms with Crippen LogP contribution in [0, 0.1) is 11.8 Å². The van der Waals surface area contributed by atoms with Gasteiger partial charge in [-0.25, -0.2) is 0 Å². The molecule has 0 aromatic rings. The molecular formula is C10H19NO2. The van der Waals surface area contributed by atoms with E-state index in [-0.39, 0.29) is 11.7 Å². The van der Waals surface area contributed by atoms with Gasteiger partial charge >= 0.3 is 0 Å². The smallest absolute Gasteiger partial charge is 0.134 e. The summed E-state index contributed by atoms with van der Waals surface area (Å²) in [5.41, 5.74) is 5.54. The molecule has 0 unspecified atom stereocenters. The molecule has 3 heteroatoms. The van der Waals surface area contributed by atoms with Gasteiger partial charge in [-0.1, -0.05) is 0 Å². The second-order valence-corrected chi connectivity index (χ2v) is 3.83. The van der Waals surface area contributed by atoms with Crippen LogP contribution in [-0.4, -0.2) is 25.5 Å². The molecule has 0 amide bonds. The first-order chi connectivity index (χ1) is 6.24. The van der Waals surface area contributed by atoms with Crippen LogP contribution in [0.2, 0.25) is 0 Å². The van der Waals surface area contributed by atoms with E-state index in [1.54, 1.807) is 6.92 Å². The summed E-state index contributed by atoms with van der Waals surface area (Å²) in [7, 11) is 0. The molecule has 1 rings (SSSR count). The highest BCUT2D eigenvalue weighted by Crippen LogP contribution is 2.22. The largest absolute Gasteiger partial charge is 0.381 e. The van der Waals surface area contributed by atoms with Crippen LogP contribution in [-0.2, 0) is 9.53 Å². The summed E-state index contributed by atoms with van der Waals surface area (Å²) < 4.78 is 5.26. The molecule has 13 heavy (non-hydrogen) atoms. The lowest BCUT2D eigenvalue weighted by Gasteiger charge is -2.24. The normalized spacial score (nSPS) is 21.4. The highest BCUT2D eigenvalue weighted by Gasteiger charge is 2.20. The monoisotopic (exact) mass is 185 g/mol. The molecular weight excluding hydrogens is 166 g/mol.